The molecule has 10 rings (SSSR count). The first-order valence-corrected chi connectivity index (χ1v) is 20.4. The zero-order valence-electron chi connectivity index (χ0n) is 31.8. The van der Waals surface area contributed by atoms with E-state index in [0.29, 0.717) is 0 Å². The first kappa shape index (κ1) is 35.0. The van der Waals surface area contributed by atoms with Crippen LogP contribution >= 0.6 is 11.3 Å². The second-order valence-corrected chi connectivity index (χ2v) is 15.3. The van der Waals surface area contributed by atoms with E-state index in [1.165, 1.54) is 31.3 Å². The van der Waals surface area contributed by atoms with Gasteiger partial charge >= 0.3 is 0 Å². The SMILES string of the molecule is c1ccc(-c2ccc(N(c3ccccc3)c3ccc4c(c3)sc3c(N(c5ccccc5)c5ccccc5)cc(N(c5ccccc5)c5ccccc5)cc34)cc2)cc1. The van der Waals surface area contributed by atoms with Gasteiger partial charge < -0.3 is 14.7 Å². The van der Waals surface area contributed by atoms with Crippen LogP contribution in [0.2, 0.25) is 0 Å². The van der Waals surface area contributed by atoms with E-state index in [0.717, 1.165) is 51.2 Å². The summed E-state index contributed by atoms with van der Waals surface area (Å²) in [5.74, 6) is 0. The Labute approximate surface area is 343 Å². The Kier molecular flexibility index (Phi) is 9.44. The second-order valence-electron chi connectivity index (χ2n) is 14.2. The molecule has 9 aromatic carbocycles. The van der Waals surface area contributed by atoms with Crippen LogP contribution in [0.5, 0.6) is 0 Å². The molecule has 276 valence electrons. The standard InChI is InChI=1S/C54H39N3S/c1-7-19-40(20-8-1)41-31-33-47(34-32-41)55(42-21-9-2-10-22-42)48-35-36-50-51-37-49(56(43-23-11-3-12-24-43)44-25-13-4-14-26-44)38-52(54(51)58-53(50)39-48)57(45-27-15-5-16-28-45)46-29-17-6-18-30-46/h1-39H. The molecule has 0 aliphatic heterocycles. The highest BCUT2D eigenvalue weighted by Crippen LogP contribution is 2.50. The Morgan fingerprint density at radius 2 is 0.638 bits per heavy atom. The lowest BCUT2D eigenvalue weighted by atomic mass is 10.0. The van der Waals surface area contributed by atoms with E-state index < -0.39 is 0 Å². The third-order valence-electron chi connectivity index (χ3n) is 10.6. The number of benzene rings is 9. The van der Waals surface area contributed by atoms with Crippen molar-refractivity contribution in [2.24, 2.45) is 0 Å². The molecule has 0 unspecified atom stereocenters. The van der Waals surface area contributed by atoms with E-state index in [9.17, 15) is 0 Å². The molecule has 0 aliphatic rings. The maximum absolute atomic E-state index is 2.40. The molecule has 0 fully saturated rings. The Bertz CT molecular complexity index is 2840. The van der Waals surface area contributed by atoms with Crippen molar-refractivity contribution in [3.05, 3.63) is 237 Å². The molecule has 0 atom stereocenters. The van der Waals surface area contributed by atoms with Gasteiger partial charge in [-0.3, -0.25) is 0 Å². The van der Waals surface area contributed by atoms with Gasteiger partial charge in [-0.2, -0.15) is 0 Å². The summed E-state index contributed by atoms with van der Waals surface area (Å²) < 4.78 is 2.45. The van der Waals surface area contributed by atoms with Crippen molar-refractivity contribution in [2.75, 3.05) is 14.7 Å². The van der Waals surface area contributed by atoms with E-state index in [1.54, 1.807) is 0 Å². The fourth-order valence-electron chi connectivity index (χ4n) is 7.91. The fourth-order valence-corrected chi connectivity index (χ4v) is 9.13. The van der Waals surface area contributed by atoms with Crippen molar-refractivity contribution < 1.29 is 0 Å². The molecule has 0 radical (unpaired) electrons. The van der Waals surface area contributed by atoms with Crippen LogP contribution in [0.25, 0.3) is 31.3 Å². The summed E-state index contributed by atoms with van der Waals surface area (Å²) in [5, 5.41) is 2.44. The van der Waals surface area contributed by atoms with Crippen LogP contribution in [0.15, 0.2) is 237 Å². The number of fused-ring (bicyclic) bond motifs is 3. The summed E-state index contributed by atoms with van der Waals surface area (Å²) in [7, 11) is 0. The zero-order chi connectivity index (χ0) is 38.7. The predicted molar refractivity (Wildman–Crippen MR) is 249 cm³/mol. The minimum absolute atomic E-state index is 1.09. The Morgan fingerprint density at radius 1 is 0.259 bits per heavy atom. The molecule has 58 heavy (non-hydrogen) atoms. The van der Waals surface area contributed by atoms with Gasteiger partial charge in [0.25, 0.3) is 0 Å². The monoisotopic (exact) mass is 761 g/mol. The van der Waals surface area contributed by atoms with E-state index in [1.807, 2.05) is 11.3 Å². The fraction of sp³-hybridized carbons (Fsp3) is 0. The minimum Gasteiger partial charge on any atom is -0.310 e. The number of hydrogen-bond donors (Lipinski definition) is 0. The maximum Gasteiger partial charge on any atom is 0.0661 e. The van der Waals surface area contributed by atoms with Gasteiger partial charge in [-0.25, -0.2) is 0 Å². The van der Waals surface area contributed by atoms with Gasteiger partial charge in [-0.15, -0.1) is 11.3 Å². The molecule has 0 saturated heterocycles. The van der Waals surface area contributed by atoms with Crippen molar-refractivity contribution in [1.29, 1.82) is 0 Å². The van der Waals surface area contributed by atoms with Gasteiger partial charge in [-0.05, 0) is 108 Å². The molecule has 0 aliphatic carbocycles. The van der Waals surface area contributed by atoms with Crippen LogP contribution in [-0.2, 0) is 0 Å². The summed E-state index contributed by atoms with van der Waals surface area (Å²) in [6.07, 6.45) is 0. The van der Waals surface area contributed by atoms with Gasteiger partial charge in [0, 0.05) is 61.0 Å². The summed E-state index contributed by atoms with van der Waals surface area (Å²) in [6, 6.07) is 84.6. The summed E-state index contributed by atoms with van der Waals surface area (Å²) >= 11 is 1.85. The van der Waals surface area contributed by atoms with Crippen LogP contribution in [0.4, 0.5) is 51.2 Å². The molecule has 1 aromatic heterocycles. The molecule has 0 amide bonds. The lowest BCUT2D eigenvalue weighted by molar-refractivity contribution is 1.26. The van der Waals surface area contributed by atoms with Crippen LogP contribution in [0.1, 0.15) is 0 Å². The summed E-state index contributed by atoms with van der Waals surface area (Å²) in [5.41, 5.74) is 12.4. The number of thiophene rings is 1. The molecule has 0 bridgehead atoms. The van der Waals surface area contributed by atoms with E-state index in [4.69, 9.17) is 0 Å². The van der Waals surface area contributed by atoms with Crippen molar-refractivity contribution in [2.45, 2.75) is 0 Å². The quantitative estimate of drug-likeness (QED) is 0.137. The number of rotatable bonds is 10. The molecule has 0 spiro atoms. The normalized spacial score (nSPS) is 11.1. The average molecular weight is 762 g/mol. The van der Waals surface area contributed by atoms with Crippen molar-refractivity contribution >= 4 is 82.7 Å². The molecular weight excluding hydrogens is 723 g/mol. The molecule has 4 heteroatoms. The molecular formula is C54H39N3S. The lowest BCUT2D eigenvalue weighted by Gasteiger charge is -2.30. The Morgan fingerprint density at radius 3 is 1.12 bits per heavy atom. The van der Waals surface area contributed by atoms with Crippen LogP contribution in [-0.4, -0.2) is 0 Å². The molecule has 0 saturated carbocycles. The summed E-state index contributed by atoms with van der Waals surface area (Å²) in [4.78, 5) is 7.13. The Hall–Kier alpha value is -7.40. The third kappa shape index (κ3) is 6.76. The van der Waals surface area contributed by atoms with E-state index in [-0.39, 0.29) is 0 Å². The van der Waals surface area contributed by atoms with Crippen LogP contribution < -0.4 is 14.7 Å². The number of hydrogen-bond acceptors (Lipinski definition) is 4. The van der Waals surface area contributed by atoms with Gasteiger partial charge in [0.15, 0.2) is 0 Å². The highest BCUT2D eigenvalue weighted by Gasteiger charge is 2.23. The number of anilines is 9. The first-order valence-electron chi connectivity index (χ1n) is 19.6. The zero-order valence-corrected chi connectivity index (χ0v) is 32.6. The largest absolute Gasteiger partial charge is 0.310 e. The van der Waals surface area contributed by atoms with Crippen molar-refractivity contribution in [3.8, 4) is 11.1 Å². The number of nitrogens with zero attached hydrogens (tertiary/aromatic N) is 3. The molecule has 3 nitrogen and oxygen atoms in total. The molecule has 1 heterocycles. The smallest absolute Gasteiger partial charge is 0.0661 e. The topological polar surface area (TPSA) is 9.72 Å². The second kappa shape index (κ2) is 15.6. The Balaban J connectivity index is 1.20. The highest BCUT2D eigenvalue weighted by atomic mass is 32.1. The van der Waals surface area contributed by atoms with Crippen LogP contribution in [0, 0.1) is 0 Å². The minimum atomic E-state index is 1.09. The average Bonchev–Trinajstić information content (AvgIpc) is 3.67. The lowest BCUT2D eigenvalue weighted by Crippen LogP contribution is -2.13. The van der Waals surface area contributed by atoms with Crippen LogP contribution in [0.3, 0.4) is 0 Å². The van der Waals surface area contributed by atoms with Gasteiger partial charge in [-0.1, -0.05) is 140 Å². The summed E-state index contributed by atoms with van der Waals surface area (Å²) in [6.45, 7) is 0. The highest BCUT2D eigenvalue weighted by molar-refractivity contribution is 7.26. The van der Waals surface area contributed by atoms with Crippen molar-refractivity contribution in [3.63, 3.8) is 0 Å². The number of para-hydroxylation sites is 5. The van der Waals surface area contributed by atoms with Gasteiger partial charge in [0.05, 0.1) is 10.4 Å². The molecule has 0 N–H and O–H groups in total. The van der Waals surface area contributed by atoms with Gasteiger partial charge in [0.2, 0.25) is 0 Å². The van der Waals surface area contributed by atoms with E-state index in [2.05, 4.69) is 251 Å². The van der Waals surface area contributed by atoms with Crippen molar-refractivity contribution in [1.82, 2.24) is 0 Å². The molecule has 10 aromatic rings. The first-order chi connectivity index (χ1) is 28.8. The van der Waals surface area contributed by atoms with E-state index >= 15 is 0 Å². The maximum atomic E-state index is 2.40. The third-order valence-corrected chi connectivity index (χ3v) is 11.8. The predicted octanol–water partition coefficient (Wildman–Crippen LogP) is 16.1. The van der Waals surface area contributed by atoms with Gasteiger partial charge in [0.1, 0.15) is 0 Å².